The standard InChI is InChI=1S/C12H16BrNO/c1-6(2)9-4-8(13)5-10-11(14)7(3)15-12(9)10/h4-7,11H,14H2,1-3H3. The quantitative estimate of drug-likeness (QED) is 0.849. The second kappa shape index (κ2) is 3.80. The molecular weight excluding hydrogens is 254 g/mol. The molecule has 3 heteroatoms. The SMILES string of the molecule is CC(C)c1cc(Br)cc2c1OC(C)C2N. The fourth-order valence-electron chi connectivity index (χ4n) is 1.96. The van der Waals surface area contributed by atoms with Crippen LogP contribution in [0.2, 0.25) is 0 Å². The van der Waals surface area contributed by atoms with E-state index in [0.29, 0.717) is 5.92 Å². The maximum Gasteiger partial charge on any atom is 0.128 e. The lowest BCUT2D eigenvalue weighted by Gasteiger charge is -2.12. The Morgan fingerprint density at radius 1 is 1.40 bits per heavy atom. The molecule has 0 saturated heterocycles. The molecule has 15 heavy (non-hydrogen) atoms. The molecule has 2 nitrogen and oxygen atoms in total. The van der Waals surface area contributed by atoms with Gasteiger partial charge in [0.1, 0.15) is 11.9 Å². The number of benzene rings is 1. The van der Waals surface area contributed by atoms with Crippen molar-refractivity contribution < 1.29 is 4.74 Å². The molecule has 0 aromatic heterocycles. The number of fused-ring (bicyclic) bond motifs is 1. The van der Waals surface area contributed by atoms with Gasteiger partial charge in [0.2, 0.25) is 0 Å². The Balaban J connectivity index is 2.57. The molecule has 0 radical (unpaired) electrons. The summed E-state index contributed by atoms with van der Waals surface area (Å²) in [5.41, 5.74) is 8.44. The van der Waals surface area contributed by atoms with E-state index in [9.17, 15) is 0 Å². The molecule has 1 aliphatic heterocycles. The third-order valence-electron chi connectivity index (χ3n) is 2.90. The van der Waals surface area contributed by atoms with E-state index >= 15 is 0 Å². The number of hydrogen-bond acceptors (Lipinski definition) is 2. The van der Waals surface area contributed by atoms with Crippen LogP contribution in [0.3, 0.4) is 0 Å². The molecule has 2 N–H and O–H groups in total. The van der Waals surface area contributed by atoms with Gasteiger partial charge in [-0.15, -0.1) is 0 Å². The molecule has 1 heterocycles. The summed E-state index contributed by atoms with van der Waals surface area (Å²) in [6.07, 6.45) is 0.0757. The molecule has 1 aromatic carbocycles. The van der Waals surface area contributed by atoms with Crippen molar-refractivity contribution >= 4 is 15.9 Å². The van der Waals surface area contributed by atoms with Crippen LogP contribution < -0.4 is 10.5 Å². The fraction of sp³-hybridized carbons (Fsp3) is 0.500. The van der Waals surface area contributed by atoms with E-state index in [0.717, 1.165) is 15.8 Å². The van der Waals surface area contributed by atoms with Crippen molar-refractivity contribution in [2.24, 2.45) is 5.73 Å². The van der Waals surface area contributed by atoms with Crippen molar-refractivity contribution in [3.05, 3.63) is 27.7 Å². The van der Waals surface area contributed by atoms with E-state index in [4.69, 9.17) is 10.5 Å². The van der Waals surface area contributed by atoms with Gasteiger partial charge < -0.3 is 10.5 Å². The summed E-state index contributed by atoms with van der Waals surface area (Å²) >= 11 is 3.52. The molecular formula is C12H16BrNO. The molecule has 0 amide bonds. The zero-order valence-corrected chi connectivity index (χ0v) is 10.8. The van der Waals surface area contributed by atoms with E-state index in [1.54, 1.807) is 0 Å². The molecule has 0 aliphatic carbocycles. The van der Waals surface area contributed by atoms with Crippen LogP contribution in [0.1, 0.15) is 43.9 Å². The van der Waals surface area contributed by atoms with Crippen molar-refractivity contribution in [1.82, 2.24) is 0 Å². The highest BCUT2D eigenvalue weighted by Crippen LogP contribution is 2.42. The smallest absolute Gasteiger partial charge is 0.128 e. The average molecular weight is 270 g/mol. The van der Waals surface area contributed by atoms with Gasteiger partial charge in [-0.3, -0.25) is 0 Å². The first-order chi connectivity index (χ1) is 7.00. The van der Waals surface area contributed by atoms with Crippen LogP contribution in [0, 0.1) is 0 Å². The summed E-state index contributed by atoms with van der Waals surface area (Å²) < 4.78 is 6.90. The van der Waals surface area contributed by atoms with Gasteiger partial charge in [-0.2, -0.15) is 0 Å². The van der Waals surface area contributed by atoms with Crippen molar-refractivity contribution in [3.8, 4) is 5.75 Å². The molecule has 2 rings (SSSR count). The van der Waals surface area contributed by atoms with E-state index in [-0.39, 0.29) is 12.1 Å². The minimum Gasteiger partial charge on any atom is -0.488 e. The van der Waals surface area contributed by atoms with E-state index in [2.05, 4.69) is 41.9 Å². The highest BCUT2D eigenvalue weighted by atomic mass is 79.9. The minimum absolute atomic E-state index is 0.00463. The van der Waals surface area contributed by atoms with Gasteiger partial charge in [0, 0.05) is 10.0 Å². The Morgan fingerprint density at radius 2 is 2.07 bits per heavy atom. The first-order valence-corrected chi connectivity index (χ1v) is 6.05. The minimum atomic E-state index is -0.00463. The Morgan fingerprint density at radius 3 is 2.67 bits per heavy atom. The van der Waals surface area contributed by atoms with Crippen LogP contribution in [-0.2, 0) is 0 Å². The second-order valence-electron chi connectivity index (χ2n) is 4.42. The lowest BCUT2D eigenvalue weighted by atomic mass is 9.97. The number of halogens is 1. The normalized spacial score (nSPS) is 24.1. The number of rotatable bonds is 1. The van der Waals surface area contributed by atoms with Crippen LogP contribution in [0.25, 0.3) is 0 Å². The average Bonchev–Trinajstić information content (AvgIpc) is 2.43. The summed E-state index contributed by atoms with van der Waals surface area (Å²) in [4.78, 5) is 0. The number of hydrogen-bond donors (Lipinski definition) is 1. The summed E-state index contributed by atoms with van der Waals surface area (Å²) in [7, 11) is 0. The van der Waals surface area contributed by atoms with Crippen LogP contribution in [0.5, 0.6) is 5.75 Å². The molecule has 1 aliphatic rings. The molecule has 1 aromatic rings. The van der Waals surface area contributed by atoms with E-state index < -0.39 is 0 Å². The zero-order valence-electron chi connectivity index (χ0n) is 9.25. The van der Waals surface area contributed by atoms with E-state index in [1.165, 1.54) is 5.56 Å². The van der Waals surface area contributed by atoms with Crippen molar-refractivity contribution in [1.29, 1.82) is 0 Å². The Labute approximate surface area is 98.9 Å². The summed E-state index contributed by atoms with van der Waals surface area (Å²) in [5.74, 6) is 1.45. The number of ether oxygens (including phenoxy) is 1. The van der Waals surface area contributed by atoms with Crippen molar-refractivity contribution in [2.75, 3.05) is 0 Å². The monoisotopic (exact) mass is 269 g/mol. The third-order valence-corrected chi connectivity index (χ3v) is 3.36. The first-order valence-electron chi connectivity index (χ1n) is 5.26. The topological polar surface area (TPSA) is 35.2 Å². The summed E-state index contributed by atoms with van der Waals surface area (Å²) in [5, 5.41) is 0. The molecule has 82 valence electrons. The largest absolute Gasteiger partial charge is 0.488 e. The van der Waals surface area contributed by atoms with Crippen LogP contribution in [-0.4, -0.2) is 6.10 Å². The molecule has 0 spiro atoms. The van der Waals surface area contributed by atoms with Crippen molar-refractivity contribution in [3.63, 3.8) is 0 Å². The Kier molecular flexibility index (Phi) is 2.77. The predicted octanol–water partition coefficient (Wildman–Crippen LogP) is 3.35. The lowest BCUT2D eigenvalue weighted by molar-refractivity contribution is 0.226. The Bertz CT molecular complexity index is 389. The highest BCUT2D eigenvalue weighted by molar-refractivity contribution is 9.10. The predicted molar refractivity (Wildman–Crippen MR) is 65.2 cm³/mol. The molecule has 0 saturated carbocycles. The van der Waals surface area contributed by atoms with Crippen LogP contribution in [0.4, 0.5) is 0 Å². The molecule has 2 atom stereocenters. The van der Waals surface area contributed by atoms with Crippen molar-refractivity contribution in [2.45, 2.75) is 38.8 Å². The van der Waals surface area contributed by atoms with E-state index in [1.807, 2.05) is 6.92 Å². The zero-order chi connectivity index (χ0) is 11.2. The van der Waals surface area contributed by atoms with Gasteiger partial charge in [-0.1, -0.05) is 29.8 Å². The van der Waals surface area contributed by atoms with Crippen LogP contribution >= 0.6 is 15.9 Å². The Hall–Kier alpha value is -0.540. The molecule has 0 bridgehead atoms. The molecule has 2 unspecified atom stereocenters. The first kappa shape index (κ1) is 11.0. The van der Waals surface area contributed by atoms with Gasteiger partial charge in [0.05, 0.1) is 6.04 Å². The van der Waals surface area contributed by atoms with Gasteiger partial charge in [0.25, 0.3) is 0 Å². The summed E-state index contributed by atoms with van der Waals surface area (Å²) in [6.45, 7) is 6.35. The fourth-order valence-corrected chi connectivity index (χ4v) is 2.45. The van der Waals surface area contributed by atoms with Gasteiger partial charge in [0.15, 0.2) is 0 Å². The molecule has 0 fully saturated rings. The van der Waals surface area contributed by atoms with Crippen LogP contribution in [0.15, 0.2) is 16.6 Å². The maximum absolute atomic E-state index is 6.08. The second-order valence-corrected chi connectivity index (χ2v) is 5.33. The van der Waals surface area contributed by atoms with Gasteiger partial charge in [-0.05, 0) is 30.5 Å². The summed E-state index contributed by atoms with van der Waals surface area (Å²) in [6, 6.07) is 4.18. The lowest BCUT2D eigenvalue weighted by Crippen LogP contribution is -2.21. The van der Waals surface area contributed by atoms with Gasteiger partial charge in [-0.25, -0.2) is 0 Å². The highest BCUT2D eigenvalue weighted by Gasteiger charge is 2.31. The maximum atomic E-state index is 6.08. The number of nitrogens with two attached hydrogens (primary N) is 1. The third kappa shape index (κ3) is 1.79. The van der Waals surface area contributed by atoms with Gasteiger partial charge >= 0.3 is 0 Å².